The first kappa shape index (κ1) is 19.7. The molecule has 8 heteroatoms. The average Bonchev–Trinajstić information content (AvgIpc) is 2.60. The summed E-state index contributed by atoms with van der Waals surface area (Å²) < 4.78 is 39.7. The molecule has 0 aliphatic rings. The molecule has 0 spiro atoms. The van der Waals surface area contributed by atoms with E-state index < -0.39 is 17.3 Å². The molecule has 3 aromatic rings. The maximum Gasteiger partial charge on any atom is 0.416 e. The Bertz CT molecular complexity index is 1180. The molecule has 0 aliphatic carbocycles. The van der Waals surface area contributed by atoms with Crippen LogP contribution in [0.1, 0.15) is 18.1 Å². The van der Waals surface area contributed by atoms with E-state index in [1.54, 1.807) is 0 Å². The Labute approximate surface area is 161 Å². The fraction of sp³-hybridized carbons (Fsp3) is 0.100. The van der Waals surface area contributed by atoms with Gasteiger partial charge in [0.1, 0.15) is 5.75 Å². The van der Waals surface area contributed by atoms with Crippen molar-refractivity contribution in [2.75, 3.05) is 0 Å². The first-order valence-electron chi connectivity index (χ1n) is 8.02. The molecular formula is C20H13ClF3NO3. The molecule has 0 fully saturated rings. The second kappa shape index (κ2) is 7.16. The van der Waals surface area contributed by atoms with Crippen molar-refractivity contribution in [3.05, 3.63) is 69.0 Å². The average molecular weight is 408 g/mol. The molecule has 0 amide bonds. The summed E-state index contributed by atoms with van der Waals surface area (Å²) in [6.07, 6.45) is -2.28. The molecule has 1 heterocycles. The zero-order chi connectivity index (χ0) is 20.6. The van der Waals surface area contributed by atoms with Crippen LogP contribution in [0, 0.1) is 0 Å². The van der Waals surface area contributed by atoms with Gasteiger partial charge in [-0.2, -0.15) is 13.2 Å². The number of phenols is 1. The van der Waals surface area contributed by atoms with Crippen molar-refractivity contribution >= 4 is 34.4 Å². The number of aromatic amines is 1. The molecule has 0 unspecified atom stereocenters. The number of ketones is 1. The highest BCUT2D eigenvalue weighted by molar-refractivity contribution is 6.31. The van der Waals surface area contributed by atoms with Crippen LogP contribution in [0.5, 0.6) is 5.75 Å². The summed E-state index contributed by atoms with van der Waals surface area (Å²) in [5.74, 6) is -0.629. The highest BCUT2D eigenvalue weighted by Gasteiger charge is 2.31. The number of rotatable bonds is 3. The summed E-state index contributed by atoms with van der Waals surface area (Å²) in [7, 11) is 0. The van der Waals surface area contributed by atoms with Gasteiger partial charge in [-0.15, -0.1) is 0 Å². The van der Waals surface area contributed by atoms with Gasteiger partial charge in [0.25, 0.3) is 5.56 Å². The number of carbonyl (C=O) groups excluding carboxylic acids is 1. The minimum absolute atomic E-state index is 0.0438. The van der Waals surface area contributed by atoms with Crippen LogP contribution in [0.3, 0.4) is 0 Å². The Morgan fingerprint density at radius 2 is 1.89 bits per heavy atom. The summed E-state index contributed by atoms with van der Waals surface area (Å²) >= 11 is 5.99. The topological polar surface area (TPSA) is 70.2 Å². The lowest BCUT2D eigenvalue weighted by Crippen LogP contribution is -2.13. The number of hydrogen-bond acceptors (Lipinski definition) is 3. The Balaban J connectivity index is 2.50. The molecule has 144 valence electrons. The number of aromatic nitrogens is 1. The number of alkyl halides is 3. The summed E-state index contributed by atoms with van der Waals surface area (Å²) in [4.78, 5) is 26.4. The van der Waals surface area contributed by atoms with Crippen LogP contribution in [-0.4, -0.2) is 15.9 Å². The number of pyridine rings is 1. The first-order valence-corrected chi connectivity index (χ1v) is 8.40. The quantitative estimate of drug-likeness (QED) is 0.588. The molecule has 0 aliphatic heterocycles. The highest BCUT2D eigenvalue weighted by atomic mass is 35.5. The number of halogens is 4. The zero-order valence-corrected chi connectivity index (χ0v) is 15.2. The summed E-state index contributed by atoms with van der Waals surface area (Å²) in [6.45, 7) is 1.27. The lowest BCUT2D eigenvalue weighted by Gasteiger charge is -2.14. The largest absolute Gasteiger partial charge is 0.507 e. The monoisotopic (exact) mass is 407 g/mol. The maximum absolute atomic E-state index is 13.2. The molecule has 0 saturated carbocycles. The molecule has 2 aromatic carbocycles. The van der Waals surface area contributed by atoms with Gasteiger partial charge < -0.3 is 10.1 Å². The lowest BCUT2D eigenvalue weighted by molar-refractivity contribution is -0.137. The van der Waals surface area contributed by atoms with Gasteiger partial charge in [0, 0.05) is 32.6 Å². The lowest BCUT2D eigenvalue weighted by atomic mass is 9.94. The van der Waals surface area contributed by atoms with E-state index >= 15 is 0 Å². The van der Waals surface area contributed by atoms with Gasteiger partial charge in [-0.1, -0.05) is 11.6 Å². The molecule has 0 atom stereocenters. The highest BCUT2D eigenvalue weighted by Crippen LogP contribution is 2.39. The normalized spacial score (nSPS) is 12.0. The van der Waals surface area contributed by atoms with Gasteiger partial charge in [0.2, 0.25) is 0 Å². The minimum atomic E-state index is -4.60. The van der Waals surface area contributed by atoms with Crippen LogP contribution in [0.2, 0.25) is 5.02 Å². The number of allylic oxidation sites excluding steroid dienone is 1. The van der Waals surface area contributed by atoms with Gasteiger partial charge in [-0.25, -0.2) is 0 Å². The molecule has 28 heavy (non-hydrogen) atoms. The van der Waals surface area contributed by atoms with Crippen LogP contribution in [0.4, 0.5) is 13.2 Å². The molecule has 0 bridgehead atoms. The van der Waals surface area contributed by atoms with E-state index in [2.05, 4.69) is 4.98 Å². The number of benzene rings is 2. The zero-order valence-electron chi connectivity index (χ0n) is 14.4. The van der Waals surface area contributed by atoms with E-state index in [1.165, 1.54) is 31.2 Å². The molecule has 3 rings (SSSR count). The molecule has 0 radical (unpaired) electrons. The van der Waals surface area contributed by atoms with Gasteiger partial charge in [-0.3, -0.25) is 9.59 Å². The van der Waals surface area contributed by atoms with E-state index in [9.17, 15) is 27.9 Å². The summed E-state index contributed by atoms with van der Waals surface area (Å²) in [5, 5.41) is 10.6. The predicted octanol–water partition coefficient (Wildman–Crippen LogP) is 5.18. The standard InChI is InChI=1S/C20H13ClF3NO3/c1-10(26)2-5-13-18(15-9-12(21)4-7-17(15)27)14-8-11(20(22,23)24)3-6-16(14)25-19(13)28/h2-9,27H,1H3,(H,25,28)/b5-2+. The van der Waals surface area contributed by atoms with Crippen LogP contribution in [0.25, 0.3) is 28.1 Å². The molecule has 1 aromatic heterocycles. The van der Waals surface area contributed by atoms with Crippen molar-refractivity contribution in [1.29, 1.82) is 0 Å². The molecule has 0 saturated heterocycles. The Morgan fingerprint density at radius 1 is 1.18 bits per heavy atom. The van der Waals surface area contributed by atoms with Gasteiger partial charge in [-0.05, 0) is 55.5 Å². The van der Waals surface area contributed by atoms with Crippen molar-refractivity contribution in [3.63, 3.8) is 0 Å². The third-order valence-electron chi connectivity index (χ3n) is 4.09. The predicted molar refractivity (Wildman–Crippen MR) is 101 cm³/mol. The Kier molecular flexibility index (Phi) is 5.04. The van der Waals surface area contributed by atoms with Crippen molar-refractivity contribution in [3.8, 4) is 16.9 Å². The minimum Gasteiger partial charge on any atom is -0.507 e. The van der Waals surface area contributed by atoms with E-state index in [1.807, 2.05) is 0 Å². The number of H-pyrrole nitrogens is 1. The number of aromatic hydroxyl groups is 1. The number of nitrogens with one attached hydrogen (secondary N) is 1. The smallest absolute Gasteiger partial charge is 0.416 e. The number of hydrogen-bond donors (Lipinski definition) is 2. The van der Waals surface area contributed by atoms with Crippen LogP contribution in [0.15, 0.2) is 47.3 Å². The van der Waals surface area contributed by atoms with Gasteiger partial charge >= 0.3 is 6.18 Å². The summed E-state index contributed by atoms with van der Waals surface area (Å²) in [5.41, 5.74) is -1.35. The SMILES string of the molecule is CC(=O)/C=C/c1c(-c2cc(Cl)ccc2O)c2cc(C(F)(F)F)ccc2[nH]c1=O. The van der Waals surface area contributed by atoms with E-state index in [4.69, 9.17) is 11.6 Å². The van der Waals surface area contributed by atoms with Crippen molar-refractivity contribution in [2.45, 2.75) is 13.1 Å². The van der Waals surface area contributed by atoms with Gasteiger partial charge in [0.15, 0.2) is 5.78 Å². The third-order valence-corrected chi connectivity index (χ3v) is 4.33. The van der Waals surface area contributed by atoms with Crippen LogP contribution >= 0.6 is 11.6 Å². The van der Waals surface area contributed by atoms with Crippen LogP contribution < -0.4 is 5.56 Å². The van der Waals surface area contributed by atoms with E-state index in [-0.39, 0.29) is 44.1 Å². The molecular weight excluding hydrogens is 395 g/mol. The fourth-order valence-electron chi connectivity index (χ4n) is 2.84. The third kappa shape index (κ3) is 3.80. The van der Waals surface area contributed by atoms with E-state index in [0.29, 0.717) is 0 Å². The van der Waals surface area contributed by atoms with Crippen molar-refractivity contribution < 1.29 is 23.1 Å². The molecule has 4 nitrogen and oxygen atoms in total. The van der Waals surface area contributed by atoms with Gasteiger partial charge in [0.05, 0.1) is 5.56 Å². The second-order valence-corrected chi connectivity index (χ2v) is 6.54. The number of phenolic OH excluding ortho intramolecular Hbond substituents is 1. The second-order valence-electron chi connectivity index (χ2n) is 6.11. The fourth-order valence-corrected chi connectivity index (χ4v) is 3.02. The Morgan fingerprint density at radius 3 is 2.54 bits per heavy atom. The Hall–Kier alpha value is -3.06. The first-order chi connectivity index (χ1) is 13.1. The summed E-state index contributed by atoms with van der Waals surface area (Å²) in [6, 6.07) is 6.90. The van der Waals surface area contributed by atoms with E-state index in [0.717, 1.165) is 24.3 Å². The number of fused-ring (bicyclic) bond motifs is 1. The molecule has 2 N–H and O–H groups in total. The number of carbonyl (C=O) groups is 1. The maximum atomic E-state index is 13.2. The van der Waals surface area contributed by atoms with Crippen molar-refractivity contribution in [2.24, 2.45) is 0 Å². The van der Waals surface area contributed by atoms with Crippen molar-refractivity contribution in [1.82, 2.24) is 4.98 Å². The van der Waals surface area contributed by atoms with Crippen LogP contribution in [-0.2, 0) is 11.0 Å².